The highest BCUT2D eigenvalue weighted by atomic mass is 19.1. The molecule has 4 nitrogen and oxygen atoms in total. The van der Waals surface area contributed by atoms with Crippen LogP contribution in [-0.2, 0) is 6.54 Å². The highest BCUT2D eigenvalue weighted by Gasteiger charge is 2.18. The van der Waals surface area contributed by atoms with Gasteiger partial charge in [-0.2, -0.15) is 0 Å². The topological polar surface area (TPSA) is 54.3 Å². The van der Waals surface area contributed by atoms with Gasteiger partial charge in [-0.15, -0.1) is 0 Å². The Hall–Kier alpha value is -2.92. The van der Waals surface area contributed by atoms with Gasteiger partial charge in [0.05, 0.1) is 6.61 Å². The molecule has 3 rings (SSSR count). The van der Waals surface area contributed by atoms with E-state index in [9.17, 15) is 9.18 Å². The first-order chi connectivity index (χ1) is 12.2. The van der Waals surface area contributed by atoms with E-state index in [0.717, 1.165) is 16.7 Å². The second kappa shape index (κ2) is 7.77. The van der Waals surface area contributed by atoms with Gasteiger partial charge >= 0.3 is 0 Å². The third-order valence-electron chi connectivity index (χ3n) is 3.93. The van der Waals surface area contributed by atoms with E-state index in [4.69, 9.17) is 5.11 Å². The number of nitrogens with one attached hydrogen (secondary N) is 1. The first-order valence-electron chi connectivity index (χ1n) is 8.07. The Morgan fingerprint density at radius 1 is 1.04 bits per heavy atom. The van der Waals surface area contributed by atoms with Crippen molar-refractivity contribution in [2.24, 2.45) is 0 Å². The van der Waals surface area contributed by atoms with Gasteiger partial charge in [0.15, 0.2) is 0 Å². The summed E-state index contributed by atoms with van der Waals surface area (Å²) in [6.07, 6.45) is 1.85. The molecule has 0 aliphatic heterocycles. The van der Waals surface area contributed by atoms with E-state index < -0.39 is 0 Å². The number of hydrogen-bond acceptors (Lipinski definition) is 2. The van der Waals surface area contributed by atoms with Crippen LogP contribution in [0.2, 0.25) is 0 Å². The maximum atomic E-state index is 13.2. The lowest BCUT2D eigenvalue weighted by atomic mass is 10.1. The molecule has 0 bridgehead atoms. The van der Waals surface area contributed by atoms with Crippen LogP contribution in [0.5, 0.6) is 0 Å². The molecule has 1 heterocycles. The Balaban J connectivity index is 2.00. The maximum Gasteiger partial charge on any atom is 0.268 e. The lowest BCUT2D eigenvalue weighted by molar-refractivity contribution is 0.0936. The van der Waals surface area contributed by atoms with E-state index in [1.807, 2.05) is 47.2 Å². The number of hydrogen-bond donors (Lipinski definition) is 2. The largest absolute Gasteiger partial charge is 0.395 e. The number of carbonyl (C=O) groups is 1. The summed E-state index contributed by atoms with van der Waals surface area (Å²) in [6.45, 7) is 0.596. The predicted octanol–water partition coefficient (Wildman–Crippen LogP) is 3.06. The highest BCUT2D eigenvalue weighted by Crippen LogP contribution is 2.26. The Bertz CT molecular complexity index is 842. The Labute approximate surface area is 145 Å². The number of halogens is 1. The minimum absolute atomic E-state index is 0.128. The third-order valence-corrected chi connectivity index (χ3v) is 3.93. The van der Waals surface area contributed by atoms with E-state index in [-0.39, 0.29) is 24.9 Å². The lowest BCUT2D eigenvalue weighted by Gasteiger charge is -2.12. The second-order valence-corrected chi connectivity index (χ2v) is 5.68. The van der Waals surface area contributed by atoms with Crippen molar-refractivity contribution < 1.29 is 14.3 Å². The van der Waals surface area contributed by atoms with Crippen molar-refractivity contribution in [3.8, 4) is 11.1 Å². The van der Waals surface area contributed by atoms with Crippen molar-refractivity contribution in [1.82, 2.24) is 9.88 Å². The van der Waals surface area contributed by atoms with Crippen molar-refractivity contribution in [2.45, 2.75) is 6.54 Å². The summed E-state index contributed by atoms with van der Waals surface area (Å²) < 4.78 is 15.1. The molecule has 2 N–H and O–H groups in total. The summed E-state index contributed by atoms with van der Waals surface area (Å²) in [5.41, 5.74) is 3.05. The van der Waals surface area contributed by atoms with E-state index in [0.29, 0.717) is 12.2 Å². The molecule has 0 aliphatic rings. The molecule has 128 valence electrons. The normalized spacial score (nSPS) is 10.6. The molecule has 3 aromatic rings. The average molecular weight is 338 g/mol. The van der Waals surface area contributed by atoms with Crippen LogP contribution in [0, 0.1) is 5.82 Å². The zero-order chi connectivity index (χ0) is 17.6. The molecule has 25 heavy (non-hydrogen) atoms. The molecule has 0 spiro atoms. The van der Waals surface area contributed by atoms with Crippen LogP contribution in [0.15, 0.2) is 66.9 Å². The van der Waals surface area contributed by atoms with Gasteiger partial charge in [-0.05, 0) is 29.3 Å². The van der Waals surface area contributed by atoms with Crippen molar-refractivity contribution in [3.63, 3.8) is 0 Å². The number of aliphatic hydroxyl groups is 1. The summed E-state index contributed by atoms with van der Waals surface area (Å²) in [7, 11) is 0. The zero-order valence-electron chi connectivity index (χ0n) is 13.7. The molecular weight excluding hydrogens is 319 g/mol. The molecule has 0 aliphatic carbocycles. The van der Waals surface area contributed by atoms with Gasteiger partial charge < -0.3 is 15.0 Å². The molecule has 2 aromatic carbocycles. The molecule has 0 fully saturated rings. The van der Waals surface area contributed by atoms with Gasteiger partial charge in [-0.25, -0.2) is 4.39 Å². The van der Waals surface area contributed by atoms with Crippen molar-refractivity contribution in [3.05, 3.63) is 83.9 Å². The molecule has 5 heteroatoms. The monoisotopic (exact) mass is 338 g/mol. The lowest BCUT2D eigenvalue weighted by Crippen LogP contribution is -2.29. The molecule has 1 amide bonds. The fourth-order valence-corrected chi connectivity index (χ4v) is 2.75. The summed E-state index contributed by atoms with van der Waals surface area (Å²) in [6, 6.07) is 17.7. The van der Waals surface area contributed by atoms with E-state index in [1.165, 1.54) is 12.1 Å². The van der Waals surface area contributed by atoms with Crippen LogP contribution in [0.1, 0.15) is 16.1 Å². The number of carbonyl (C=O) groups excluding carboxylic acids is 1. The van der Waals surface area contributed by atoms with Gasteiger partial charge in [0, 0.05) is 24.8 Å². The number of nitrogens with zero attached hydrogens (tertiary/aromatic N) is 1. The van der Waals surface area contributed by atoms with E-state index in [2.05, 4.69) is 5.32 Å². The highest BCUT2D eigenvalue weighted by molar-refractivity contribution is 5.99. The molecular formula is C20H19FN2O2. The van der Waals surface area contributed by atoms with Crippen molar-refractivity contribution in [2.75, 3.05) is 13.2 Å². The van der Waals surface area contributed by atoms with Gasteiger partial charge in [0.25, 0.3) is 5.91 Å². The first kappa shape index (κ1) is 16.9. The first-order valence-corrected chi connectivity index (χ1v) is 8.07. The average Bonchev–Trinajstić information content (AvgIpc) is 3.05. The number of amides is 1. The van der Waals surface area contributed by atoms with Gasteiger partial charge in [-0.1, -0.05) is 42.5 Å². The molecule has 0 unspecified atom stereocenters. The number of rotatable bonds is 6. The smallest absolute Gasteiger partial charge is 0.268 e. The van der Waals surface area contributed by atoms with Crippen LogP contribution in [0.4, 0.5) is 4.39 Å². The molecule has 0 saturated carbocycles. The van der Waals surface area contributed by atoms with Crippen LogP contribution in [0.25, 0.3) is 11.1 Å². The van der Waals surface area contributed by atoms with Crippen molar-refractivity contribution in [1.29, 1.82) is 0 Å². The maximum absolute atomic E-state index is 13.2. The Kier molecular flexibility index (Phi) is 5.26. The standard InChI is InChI=1S/C20H19FN2O2/c21-17-8-6-16(7-9-17)18-10-12-23(14-15-4-2-1-3-5-15)19(18)20(25)22-11-13-24/h1-10,12,24H,11,13-14H2,(H,22,25). The van der Waals surface area contributed by atoms with Crippen LogP contribution in [-0.4, -0.2) is 28.7 Å². The van der Waals surface area contributed by atoms with Crippen LogP contribution in [0.3, 0.4) is 0 Å². The summed E-state index contributed by atoms with van der Waals surface area (Å²) in [4.78, 5) is 12.6. The third kappa shape index (κ3) is 3.95. The fourth-order valence-electron chi connectivity index (χ4n) is 2.75. The van der Waals surface area contributed by atoms with Gasteiger partial charge in [-0.3, -0.25) is 4.79 Å². The summed E-state index contributed by atoms with van der Waals surface area (Å²) in [5, 5.41) is 11.7. The van der Waals surface area contributed by atoms with Crippen molar-refractivity contribution >= 4 is 5.91 Å². The Morgan fingerprint density at radius 3 is 2.44 bits per heavy atom. The minimum Gasteiger partial charge on any atom is -0.395 e. The number of aromatic nitrogens is 1. The minimum atomic E-state index is -0.321. The quantitative estimate of drug-likeness (QED) is 0.726. The van der Waals surface area contributed by atoms with Gasteiger partial charge in [0.2, 0.25) is 0 Å². The van der Waals surface area contributed by atoms with Gasteiger partial charge in [0.1, 0.15) is 11.5 Å². The summed E-state index contributed by atoms with van der Waals surface area (Å²) >= 11 is 0. The molecule has 0 radical (unpaired) electrons. The van der Waals surface area contributed by atoms with Crippen LogP contribution >= 0.6 is 0 Å². The molecule has 0 saturated heterocycles. The van der Waals surface area contributed by atoms with Crippen LogP contribution < -0.4 is 5.32 Å². The van der Waals surface area contributed by atoms with E-state index >= 15 is 0 Å². The predicted molar refractivity (Wildman–Crippen MR) is 94.8 cm³/mol. The Morgan fingerprint density at radius 2 is 1.76 bits per heavy atom. The summed E-state index contributed by atoms with van der Waals surface area (Å²) in [5.74, 6) is -0.590. The molecule has 0 atom stereocenters. The zero-order valence-corrected chi connectivity index (χ0v) is 13.7. The SMILES string of the molecule is O=C(NCCO)c1c(-c2ccc(F)cc2)ccn1Cc1ccccc1. The number of benzene rings is 2. The molecule has 1 aromatic heterocycles. The fraction of sp³-hybridized carbons (Fsp3) is 0.150. The number of aliphatic hydroxyl groups excluding tert-OH is 1. The van der Waals surface area contributed by atoms with E-state index in [1.54, 1.807) is 12.1 Å². The second-order valence-electron chi connectivity index (χ2n) is 5.68.